The van der Waals surface area contributed by atoms with Crippen molar-refractivity contribution in [2.24, 2.45) is 0 Å². The van der Waals surface area contributed by atoms with Crippen LogP contribution in [0.25, 0.3) is 16.9 Å². The van der Waals surface area contributed by atoms with Crippen LogP contribution in [0.4, 0.5) is 0 Å². The van der Waals surface area contributed by atoms with Crippen molar-refractivity contribution in [2.45, 2.75) is 6.92 Å². The summed E-state index contributed by atoms with van der Waals surface area (Å²) in [6.07, 6.45) is 1.91. The zero-order valence-corrected chi connectivity index (χ0v) is 11.3. The van der Waals surface area contributed by atoms with E-state index < -0.39 is 0 Å². The molecule has 3 aromatic rings. The molecule has 4 heteroatoms. The molecule has 20 heavy (non-hydrogen) atoms. The van der Waals surface area contributed by atoms with E-state index in [1.54, 1.807) is 7.11 Å². The van der Waals surface area contributed by atoms with Crippen molar-refractivity contribution in [3.8, 4) is 17.1 Å². The van der Waals surface area contributed by atoms with Crippen LogP contribution in [0.5, 0.6) is 5.75 Å². The SMILES string of the molecule is COc1ccc(-c2nc(C(C)=O)c3ccccn23)cc1. The van der Waals surface area contributed by atoms with Crippen LogP contribution in [0, 0.1) is 0 Å². The number of pyridine rings is 1. The van der Waals surface area contributed by atoms with Crippen molar-refractivity contribution in [3.63, 3.8) is 0 Å². The summed E-state index contributed by atoms with van der Waals surface area (Å²) in [7, 11) is 1.63. The van der Waals surface area contributed by atoms with Gasteiger partial charge in [-0.25, -0.2) is 4.98 Å². The third kappa shape index (κ3) is 1.95. The van der Waals surface area contributed by atoms with Gasteiger partial charge in [-0.15, -0.1) is 0 Å². The Morgan fingerprint density at radius 1 is 1.15 bits per heavy atom. The Balaban J connectivity index is 2.22. The second kappa shape index (κ2) is 4.81. The molecule has 0 radical (unpaired) electrons. The van der Waals surface area contributed by atoms with E-state index in [4.69, 9.17) is 4.74 Å². The van der Waals surface area contributed by atoms with E-state index in [-0.39, 0.29) is 5.78 Å². The van der Waals surface area contributed by atoms with Crippen molar-refractivity contribution in [3.05, 3.63) is 54.4 Å². The number of hydrogen-bond donors (Lipinski definition) is 0. The summed E-state index contributed by atoms with van der Waals surface area (Å²) in [5.41, 5.74) is 2.27. The van der Waals surface area contributed by atoms with Gasteiger partial charge in [-0.3, -0.25) is 9.20 Å². The van der Waals surface area contributed by atoms with Crippen LogP contribution in [0.2, 0.25) is 0 Å². The van der Waals surface area contributed by atoms with E-state index >= 15 is 0 Å². The van der Waals surface area contributed by atoms with Crippen LogP contribution in [0.3, 0.4) is 0 Å². The molecule has 0 aliphatic heterocycles. The Hall–Kier alpha value is -2.62. The van der Waals surface area contributed by atoms with Crippen molar-refractivity contribution in [2.75, 3.05) is 7.11 Å². The molecule has 0 unspecified atom stereocenters. The van der Waals surface area contributed by atoms with Crippen molar-refractivity contribution >= 4 is 11.3 Å². The fourth-order valence-corrected chi connectivity index (χ4v) is 2.24. The van der Waals surface area contributed by atoms with Crippen LogP contribution in [0.15, 0.2) is 48.7 Å². The lowest BCUT2D eigenvalue weighted by Crippen LogP contribution is -1.92. The van der Waals surface area contributed by atoms with Gasteiger partial charge >= 0.3 is 0 Å². The topological polar surface area (TPSA) is 43.6 Å². The number of nitrogens with zero attached hydrogens (tertiary/aromatic N) is 2. The lowest BCUT2D eigenvalue weighted by Gasteiger charge is -2.03. The molecule has 4 nitrogen and oxygen atoms in total. The van der Waals surface area contributed by atoms with Gasteiger partial charge in [-0.05, 0) is 36.4 Å². The van der Waals surface area contributed by atoms with E-state index in [0.29, 0.717) is 5.69 Å². The maximum absolute atomic E-state index is 11.7. The van der Waals surface area contributed by atoms with Gasteiger partial charge in [0.25, 0.3) is 0 Å². The molecule has 0 amide bonds. The highest BCUT2D eigenvalue weighted by Gasteiger charge is 2.15. The molecule has 0 fully saturated rings. The van der Waals surface area contributed by atoms with Gasteiger partial charge in [0.05, 0.1) is 12.6 Å². The molecular weight excluding hydrogens is 252 g/mol. The van der Waals surface area contributed by atoms with Crippen molar-refractivity contribution < 1.29 is 9.53 Å². The molecule has 0 atom stereocenters. The maximum Gasteiger partial charge on any atom is 0.180 e. The summed E-state index contributed by atoms with van der Waals surface area (Å²) in [6, 6.07) is 13.4. The minimum Gasteiger partial charge on any atom is -0.497 e. The summed E-state index contributed by atoms with van der Waals surface area (Å²) in [6.45, 7) is 1.53. The standard InChI is InChI=1S/C16H14N2O2/c1-11(19)15-14-5-3-4-10-18(14)16(17-15)12-6-8-13(20-2)9-7-12/h3-10H,1-2H3. The average Bonchev–Trinajstić information content (AvgIpc) is 2.87. The monoisotopic (exact) mass is 266 g/mol. The van der Waals surface area contributed by atoms with Crippen LogP contribution in [-0.4, -0.2) is 22.3 Å². The molecule has 1 aromatic carbocycles. The van der Waals surface area contributed by atoms with Gasteiger partial charge < -0.3 is 4.74 Å². The Labute approximate surface area is 116 Å². The normalized spacial score (nSPS) is 10.7. The van der Waals surface area contributed by atoms with E-state index in [2.05, 4.69) is 4.98 Å². The van der Waals surface area contributed by atoms with E-state index in [1.165, 1.54) is 6.92 Å². The zero-order valence-electron chi connectivity index (χ0n) is 11.3. The number of methoxy groups -OCH3 is 1. The highest BCUT2D eigenvalue weighted by molar-refractivity contribution is 5.99. The Kier molecular flexibility index (Phi) is 2.99. The number of hydrogen-bond acceptors (Lipinski definition) is 3. The van der Waals surface area contributed by atoms with Crippen molar-refractivity contribution in [1.29, 1.82) is 0 Å². The number of carbonyl (C=O) groups is 1. The highest BCUT2D eigenvalue weighted by atomic mass is 16.5. The fourth-order valence-electron chi connectivity index (χ4n) is 2.24. The molecule has 100 valence electrons. The lowest BCUT2D eigenvalue weighted by molar-refractivity contribution is 0.101. The maximum atomic E-state index is 11.7. The van der Waals surface area contributed by atoms with E-state index in [9.17, 15) is 4.79 Å². The van der Waals surface area contributed by atoms with Crippen LogP contribution in [-0.2, 0) is 0 Å². The molecule has 2 aromatic heterocycles. The Morgan fingerprint density at radius 2 is 1.90 bits per heavy atom. The van der Waals surface area contributed by atoms with Crippen LogP contribution >= 0.6 is 0 Å². The van der Waals surface area contributed by atoms with Crippen molar-refractivity contribution in [1.82, 2.24) is 9.38 Å². The minimum absolute atomic E-state index is 0.0338. The zero-order chi connectivity index (χ0) is 14.1. The van der Waals surface area contributed by atoms with Gasteiger partial charge in [-0.1, -0.05) is 6.07 Å². The Morgan fingerprint density at radius 3 is 2.55 bits per heavy atom. The fraction of sp³-hybridized carbons (Fsp3) is 0.125. The summed E-state index contributed by atoms with van der Waals surface area (Å²) < 4.78 is 7.08. The first-order valence-electron chi connectivity index (χ1n) is 6.33. The third-order valence-electron chi connectivity index (χ3n) is 3.23. The predicted octanol–water partition coefficient (Wildman–Crippen LogP) is 3.21. The summed E-state index contributed by atoms with van der Waals surface area (Å²) in [5.74, 6) is 1.52. The van der Waals surface area contributed by atoms with Gasteiger partial charge in [0.1, 0.15) is 17.3 Å². The van der Waals surface area contributed by atoms with Gasteiger partial charge in [0.2, 0.25) is 0 Å². The smallest absolute Gasteiger partial charge is 0.180 e. The molecule has 0 saturated heterocycles. The Bertz CT molecular complexity index is 773. The molecule has 0 aliphatic carbocycles. The predicted molar refractivity (Wildman–Crippen MR) is 77.2 cm³/mol. The number of imidazole rings is 1. The number of ketones is 1. The number of fused-ring (bicyclic) bond motifs is 1. The molecule has 3 rings (SSSR count). The van der Waals surface area contributed by atoms with Crippen LogP contribution < -0.4 is 4.74 Å². The van der Waals surface area contributed by atoms with Gasteiger partial charge in [0, 0.05) is 18.7 Å². The third-order valence-corrected chi connectivity index (χ3v) is 3.23. The summed E-state index contributed by atoms with van der Waals surface area (Å²) in [4.78, 5) is 16.2. The summed E-state index contributed by atoms with van der Waals surface area (Å²) >= 11 is 0. The molecule has 0 saturated carbocycles. The lowest BCUT2D eigenvalue weighted by atomic mass is 10.2. The number of benzene rings is 1. The van der Waals surface area contributed by atoms with E-state index in [1.807, 2.05) is 53.1 Å². The molecule has 0 aliphatic rings. The van der Waals surface area contributed by atoms with Gasteiger partial charge in [-0.2, -0.15) is 0 Å². The number of carbonyl (C=O) groups excluding carboxylic acids is 1. The van der Waals surface area contributed by atoms with Crippen LogP contribution in [0.1, 0.15) is 17.4 Å². The van der Waals surface area contributed by atoms with Gasteiger partial charge in [0.15, 0.2) is 5.78 Å². The quantitative estimate of drug-likeness (QED) is 0.684. The highest BCUT2D eigenvalue weighted by Crippen LogP contribution is 2.24. The minimum atomic E-state index is -0.0338. The first kappa shape index (κ1) is 12.4. The number of aromatic nitrogens is 2. The second-order valence-corrected chi connectivity index (χ2v) is 4.52. The molecule has 0 bridgehead atoms. The van der Waals surface area contributed by atoms with E-state index in [0.717, 1.165) is 22.7 Å². The summed E-state index contributed by atoms with van der Waals surface area (Å²) in [5, 5.41) is 0. The molecule has 2 heterocycles. The molecule has 0 spiro atoms. The molecular formula is C16H14N2O2. The largest absolute Gasteiger partial charge is 0.497 e. The molecule has 0 N–H and O–H groups in total. The number of Topliss-reactive ketones (excluding diaryl/α,β-unsaturated/α-hetero) is 1. The number of rotatable bonds is 3. The second-order valence-electron chi connectivity index (χ2n) is 4.52. The average molecular weight is 266 g/mol. The number of ether oxygens (including phenoxy) is 1. The first-order chi connectivity index (χ1) is 9.70. The first-order valence-corrected chi connectivity index (χ1v) is 6.33.